The van der Waals surface area contributed by atoms with E-state index in [-0.39, 0.29) is 49.7 Å². The number of likely N-dealkylation sites (N-methyl/N-ethyl adjacent to an activating group) is 1. The van der Waals surface area contributed by atoms with Crippen LogP contribution in [0.2, 0.25) is 0 Å². The molecular weight excluding hydrogens is 633 g/mol. The van der Waals surface area contributed by atoms with Gasteiger partial charge in [-0.2, -0.15) is 0 Å². The summed E-state index contributed by atoms with van der Waals surface area (Å²) in [6.45, 7) is 5.79. The van der Waals surface area contributed by atoms with E-state index in [1.165, 1.54) is 24.0 Å². The molecule has 1 aromatic rings. The summed E-state index contributed by atoms with van der Waals surface area (Å²) < 4.78 is 12.1. The fourth-order valence-corrected chi connectivity index (χ4v) is 8.40. The number of benzene rings is 1. The van der Waals surface area contributed by atoms with Crippen molar-refractivity contribution in [1.82, 2.24) is 15.1 Å². The number of Topliss-reactive ketones (excluding diaryl/α,β-unsaturated/α-hetero) is 2. The van der Waals surface area contributed by atoms with Gasteiger partial charge in [0, 0.05) is 48.6 Å². The Balaban J connectivity index is 1.31. The number of hydrogen-bond donors (Lipinski definition) is 6. The summed E-state index contributed by atoms with van der Waals surface area (Å²) in [6, 6.07) is 7.91. The van der Waals surface area contributed by atoms with E-state index < -0.39 is 82.6 Å². The third-order valence-corrected chi connectivity index (χ3v) is 11.1. The van der Waals surface area contributed by atoms with Gasteiger partial charge < -0.3 is 40.2 Å². The van der Waals surface area contributed by atoms with Crippen LogP contribution in [0, 0.1) is 23.7 Å². The molecule has 1 heterocycles. The Labute approximate surface area is 285 Å². The zero-order chi connectivity index (χ0) is 35.6. The van der Waals surface area contributed by atoms with Crippen LogP contribution >= 0.6 is 0 Å². The van der Waals surface area contributed by atoms with Gasteiger partial charge in [-0.3, -0.25) is 24.2 Å². The SMILES string of the molecule is C[C@@H]1COB(c2ccccc2)OC[C@H](C)N1CNC(=O)C1=C(O)[C@@]2(O)C(O)=C3C(=O)[C@@H]4C(O)=CC=C[C@H]4[C@@](C)(O)[C@@H]3C[C@H]2[C@@H](N(C)C)C1=O. The number of carbonyl (C=O) groups is 3. The van der Waals surface area contributed by atoms with Crippen molar-refractivity contribution in [3.05, 3.63) is 77.0 Å². The number of aliphatic hydroxyl groups excluding tert-OH is 3. The highest BCUT2D eigenvalue weighted by Gasteiger charge is 2.67. The van der Waals surface area contributed by atoms with Gasteiger partial charge in [0.2, 0.25) is 0 Å². The Bertz CT molecular complexity index is 1640. The van der Waals surface area contributed by atoms with E-state index >= 15 is 0 Å². The van der Waals surface area contributed by atoms with Crippen LogP contribution in [0.5, 0.6) is 0 Å². The summed E-state index contributed by atoms with van der Waals surface area (Å²) in [5.41, 5.74) is -4.62. The molecular formula is C35H44BN3O10. The maximum Gasteiger partial charge on any atom is 0.493 e. The molecule has 262 valence electrons. The Morgan fingerprint density at radius 2 is 1.65 bits per heavy atom. The molecule has 6 rings (SSSR count). The average molecular weight is 678 g/mol. The van der Waals surface area contributed by atoms with E-state index in [1.807, 2.05) is 49.1 Å². The highest BCUT2D eigenvalue weighted by molar-refractivity contribution is 6.61. The van der Waals surface area contributed by atoms with Crippen molar-refractivity contribution < 1.29 is 49.2 Å². The molecule has 9 atom stereocenters. The molecule has 0 spiro atoms. The molecule has 49 heavy (non-hydrogen) atoms. The van der Waals surface area contributed by atoms with E-state index in [1.54, 1.807) is 20.2 Å². The van der Waals surface area contributed by atoms with Gasteiger partial charge in [-0.05, 0) is 52.8 Å². The molecule has 14 heteroatoms. The van der Waals surface area contributed by atoms with Gasteiger partial charge in [0.15, 0.2) is 17.2 Å². The maximum atomic E-state index is 14.1. The van der Waals surface area contributed by atoms with Crippen molar-refractivity contribution in [2.24, 2.45) is 23.7 Å². The Morgan fingerprint density at radius 1 is 1.02 bits per heavy atom. The van der Waals surface area contributed by atoms with E-state index in [4.69, 9.17) is 9.31 Å². The van der Waals surface area contributed by atoms with Gasteiger partial charge in [0.1, 0.15) is 22.9 Å². The number of fused-ring (bicyclic) bond motifs is 3. The molecule has 1 saturated heterocycles. The molecule has 1 aromatic carbocycles. The topological polar surface area (TPSA) is 189 Å². The summed E-state index contributed by atoms with van der Waals surface area (Å²) in [7, 11) is 2.57. The number of amides is 1. The highest BCUT2D eigenvalue weighted by Crippen LogP contribution is 2.57. The molecule has 6 N–H and O–H groups in total. The van der Waals surface area contributed by atoms with Crippen molar-refractivity contribution in [2.45, 2.75) is 56.5 Å². The van der Waals surface area contributed by atoms with Crippen LogP contribution in [0.15, 0.2) is 77.0 Å². The number of aliphatic hydroxyl groups is 5. The summed E-state index contributed by atoms with van der Waals surface area (Å²) in [6.07, 6.45) is 4.28. The van der Waals surface area contributed by atoms with Gasteiger partial charge in [-0.25, -0.2) is 0 Å². The number of ketones is 2. The van der Waals surface area contributed by atoms with Crippen LogP contribution in [0.25, 0.3) is 0 Å². The lowest BCUT2D eigenvalue weighted by Gasteiger charge is -2.55. The van der Waals surface area contributed by atoms with Gasteiger partial charge in [0.05, 0.1) is 24.2 Å². The van der Waals surface area contributed by atoms with Gasteiger partial charge in [-0.15, -0.1) is 0 Å². The van der Waals surface area contributed by atoms with Crippen molar-refractivity contribution in [1.29, 1.82) is 0 Å². The minimum Gasteiger partial charge on any atom is -0.512 e. The average Bonchev–Trinajstić information content (AvgIpc) is 3.05. The zero-order valence-corrected chi connectivity index (χ0v) is 28.2. The largest absolute Gasteiger partial charge is 0.512 e. The predicted molar refractivity (Wildman–Crippen MR) is 178 cm³/mol. The summed E-state index contributed by atoms with van der Waals surface area (Å²) in [5.74, 6) is -9.18. The molecule has 2 fully saturated rings. The van der Waals surface area contributed by atoms with Crippen LogP contribution in [0.1, 0.15) is 27.2 Å². The lowest BCUT2D eigenvalue weighted by atomic mass is 9.52. The third kappa shape index (κ3) is 5.54. The fourth-order valence-electron chi connectivity index (χ4n) is 8.40. The first-order valence-corrected chi connectivity index (χ1v) is 16.6. The smallest absolute Gasteiger partial charge is 0.493 e. The molecule has 13 nitrogen and oxygen atoms in total. The van der Waals surface area contributed by atoms with E-state index in [0.717, 1.165) is 5.46 Å². The normalized spacial score (nSPS) is 36.9. The molecule has 1 saturated carbocycles. The molecule has 0 radical (unpaired) electrons. The number of carbonyl (C=O) groups excluding carboxylic acids is 3. The quantitative estimate of drug-likeness (QED) is 0.189. The Kier molecular flexibility index (Phi) is 9.18. The zero-order valence-electron chi connectivity index (χ0n) is 28.2. The second-order valence-electron chi connectivity index (χ2n) is 14.3. The second-order valence-corrected chi connectivity index (χ2v) is 14.3. The summed E-state index contributed by atoms with van der Waals surface area (Å²) in [4.78, 5) is 45.1. The van der Waals surface area contributed by atoms with Crippen LogP contribution in [0.4, 0.5) is 0 Å². The third-order valence-electron chi connectivity index (χ3n) is 11.1. The van der Waals surface area contributed by atoms with Crippen molar-refractivity contribution >= 4 is 30.1 Å². The lowest BCUT2D eigenvalue weighted by Crippen LogP contribution is -2.66. The van der Waals surface area contributed by atoms with Gasteiger partial charge >= 0.3 is 7.12 Å². The van der Waals surface area contributed by atoms with Crippen molar-refractivity contribution in [2.75, 3.05) is 34.0 Å². The highest BCUT2D eigenvalue weighted by atomic mass is 16.6. The fraction of sp³-hybridized carbons (Fsp3) is 0.514. The van der Waals surface area contributed by atoms with Crippen LogP contribution in [-0.2, 0) is 23.7 Å². The van der Waals surface area contributed by atoms with Crippen molar-refractivity contribution in [3.8, 4) is 0 Å². The molecule has 0 aromatic heterocycles. The van der Waals surface area contributed by atoms with Crippen LogP contribution < -0.4 is 10.8 Å². The number of hydrogen-bond acceptors (Lipinski definition) is 12. The number of nitrogens with one attached hydrogen (secondary N) is 1. The molecule has 1 amide bonds. The summed E-state index contributed by atoms with van der Waals surface area (Å²) in [5, 5.41) is 60.7. The lowest BCUT2D eigenvalue weighted by molar-refractivity contribution is -0.152. The molecule has 1 aliphatic heterocycles. The maximum absolute atomic E-state index is 14.1. The molecule has 5 aliphatic rings. The first-order chi connectivity index (χ1) is 23.1. The van der Waals surface area contributed by atoms with E-state index in [2.05, 4.69) is 5.32 Å². The van der Waals surface area contributed by atoms with Crippen LogP contribution in [-0.4, -0.2) is 123 Å². The number of allylic oxidation sites excluding steroid dienone is 3. The Hall–Kier alpha value is -3.79. The second kappa shape index (κ2) is 12.8. The van der Waals surface area contributed by atoms with Crippen LogP contribution in [0.3, 0.4) is 0 Å². The number of rotatable bonds is 5. The standard InChI is InChI=1S/C35H44BN3O10/c1-18-15-48-36(20-10-7-6-8-11-20)49-16-19(2)39(18)17-37-33(45)27-30(42)28(38(4)5)23-14-22-26(31(43)35(23,47)32(27)44)29(41)25-21(34(22,3)46)12-9-13-24(25)40/h6-13,18-19,21-23,25,28,40,43-44,46-47H,14-17H2,1-5H3,(H,37,45)/t18-,19+,21-,22-,23+,25+,28-,34-,35+/m1/s1. The minimum absolute atomic E-state index is 0.0683. The summed E-state index contributed by atoms with van der Waals surface area (Å²) >= 11 is 0. The van der Waals surface area contributed by atoms with Crippen molar-refractivity contribution in [3.63, 3.8) is 0 Å². The predicted octanol–water partition coefficient (Wildman–Crippen LogP) is 0.663. The monoisotopic (exact) mass is 677 g/mol. The van der Waals surface area contributed by atoms with E-state index in [0.29, 0.717) is 0 Å². The number of nitrogens with zero attached hydrogens (tertiary/aromatic N) is 2. The molecule has 0 unspecified atom stereocenters. The molecule has 4 aliphatic carbocycles. The minimum atomic E-state index is -2.71. The van der Waals surface area contributed by atoms with Gasteiger partial charge in [0.25, 0.3) is 5.91 Å². The van der Waals surface area contributed by atoms with Gasteiger partial charge in [-0.1, -0.05) is 42.5 Å². The molecule has 0 bridgehead atoms. The Morgan fingerprint density at radius 3 is 2.27 bits per heavy atom. The first-order valence-electron chi connectivity index (χ1n) is 16.6. The van der Waals surface area contributed by atoms with E-state index in [9.17, 15) is 39.9 Å². The first kappa shape index (κ1) is 35.1.